The molecular formula is C19H16N4O3S. The molecule has 27 heavy (non-hydrogen) atoms. The van der Waals surface area contributed by atoms with Crippen molar-refractivity contribution in [3.05, 3.63) is 66.5 Å². The van der Waals surface area contributed by atoms with Gasteiger partial charge in [-0.2, -0.15) is 4.72 Å². The number of rotatable bonds is 6. The third-order valence-corrected chi connectivity index (χ3v) is 5.08. The summed E-state index contributed by atoms with van der Waals surface area (Å²) >= 11 is 0. The molecule has 0 unspecified atom stereocenters. The Kier molecular flexibility index (Phi) is 5.35. The molecule has 0 bridgehead atoms. The van der Waals surface area contributed by atoms with Gasteiger partial charge in [-0.25, -0.2) is 13.4 Å². The van der Waals surface area contributed by atoms with E-state index in [-0.39, 0.29) is 17.0 Å². The van der Waals surface area contributed by atoms with Crippen molar-refractivity contribution in [3.63, 3.8) is 0 Å². The molecule has 3 rings (SSSR count). The fourth-order valence-electron chi connectivity index (χ4n) is 2.36. The number of H-pyrrole nitrogens is 1. The third-order valence-electron chi connectivity index (χ3n) is 3.69. The van der Waals surface area contributed by atoms with E-state index in [1.54, 1.807) is 24.5 Å². The summed E-state index contributed by atoms with van der Waals surface area (Å²) in [5.74, 6) is 2.51. The number of amides is 1. The summed E-state index contributed by atoms with van der Waals surface area (Å²) < 4.78 is 26.5. The van der Waals surface area contributed by atoms with Gasteiger partial charge in [-0.05, 0) is 42.5 Å². The van der Waals surface area contributed by atoms with Gasteiger partial charge in [0.05, 0.1) is 11.4 Å². The molecule has 0 aliphatic heterocycles. The fourth-order valence-corrected chi connectivity index (χ4v) is 3.34. The lowest BCUT2D eigenvalue weighted by atomic mass is 10.1. The number of nitrogens with zero attached hydrogens (tertiary/aromatic N) is 1. The summed E-state index contributed by atoms with van der Waals surface area (Å²) in [6, 6.07) is 12.8. The van der Waals surface area contributed by atoms with E-state index in [1.807, 2.05) is 12.1 Å². The Balaban J connectivity index is 1.75. The quantitative estimate of drug-likeness (QED) is 0.571. The van der Waals surface area contributed by atoms with Crippen molar-refractivity contribution in [1.29, 1.82) is 0 Å². The summed E-state index contributed by atoms with van der Waals surface area (Å²) in [6.07, 6.45) is 8.46. The van der Waals surface area contributed by atoms with Gasteiger partial charge in [-0.15, -0.1) is 6.42 Å². The van der Waals surface area contributed by atoms with E-state index < -0.39 is 15.9 Å². The summed E-state index contributed by atoms with van der Waals surface area (Å²) in [7, 11) is -3.76. The average Bonchev–Trinajstić information content (AvgIpc) is 3.22. The molecule has 0 saturated heterocycles. The summed E-state index contributed by atoms with van der Waals surface area (Å²) in [6.45, 7) is -0.124. The number of hydrogen-bond acceptors (Lipinski definition) is 4. The minimum atomic E-state index is -3.76. The Morgan fingerprint density at radius 3 is 2.63 bits per heavy atom. The van der Waals surface area contributed by atoms with E-state index in [9.17, 15) is 13.2 Å². The van der Waals surface area contributed by atoms with Gasteiger partial charge in [0.1, 0.15) is 5.82 Å². The van der Waals surface area contributed by atoms with Crippen LogP contribution >= 0.6 is 0 Å². The first-order chi connectivity index (χ1) is 13.0. The number of carbonyl (C=O) groups excluding carboxylic acids is 1. The van der Waals surface area contributed by atoms with E-state index in [1.165, 1.54) is 24.3 Å². The lowest BCUT2D eigenvalue weighted by molar-refractivity contribution is 0.102. The maximum absolute atomic E-state index is 12.4. The van der Waals surface area contributed by atoms with E-state index in [0.29, 0.717) is 5.69 Å². The van der Waals surface area contributed by atoms with Crippen LogP contribution in [-0.4, -0.2) is 30.8 Å². The number of benzene rings is 2. The van der Waals surface area contributed by atoms with Crippen molar-refractivity contribution in [2.45, 2.75) is 4.90 Å². The Morgan fingerprint density at radius 1 is 1.19 bits per heavy atom. The zero-order valence-corrected chi connectivity index (χ0v) is 15.0. The van der Waals surface area contributed by atoms with E-state index in [4.69, 9.17) is 6.42 Å². The van der Waals surface area contributed by atoms with Crippen molar-refractivity contribution in [3.8, 4) is 23.7 Å². The molecule has 7 nitrogen and oxygen atoms in total. The normalized spacial score (nSPS) is 10.9. The van der Waals surface area contributed by atoms with Crippen LogP contribution in [0.2, 0.25) is 0 Å². The van der Waals surface area contributed by atoms with Crippen LogP contribution < -0.4 is 10.0 Å². The van der Waals surface area contributed by atoms with Crippen molar-refractivity contribution in [2.24, 2.45) is 0 Å². The highest BCUT2D eigenvalue weighted by Gasteiger charge is 2.15. The SMILES string of the molecule is C#CCNS(=O)(=O)c1cccc(C(=O)Nc2ccc(-c3ncc[nH]3)cc2)c1. The molecule has 3 N–H and O–H groups in total. The highest BCUT2D eigenvalue weighted by atomic mass is 32.2. The molecule has 1 amide bonds. The first-order valence-corrected chi connectivity index (χ1v) is 9.42. The molecule has 0 radical (unpaired) electrons. The number of nitrogens with one attached hydrogen (secondary N) is 3. The van der Waals surface area contributed by atoms with Crippen LogP contribution in [0, 0.1) is 12.3 Å². The predicted octanol–water partition coefficient (Wildman–Crippen LogP) is 2.24. The number of aromatic amines is 1. The lowest BCUT2D eigenvalue weighted by Gasteiger charge is -2.08. The fraction of sp³-hybridized carbons (Fsp3) is 0.0526. The van der Waals surface area contributed by atoms with Crippen LogP contribution in [0.25, 0.3) is 11.4 Å². The summed E-state index contributed by atoms with van der Waals surface area (Å²) in [4.78, 5) is 19.6. The number of carbonyl (C=O) groups is 1. The van der Waals surface area contributed by atoms with Gasteiger partial charge < -0.3 is 10.3 Å². The molecule has 0 aliphatic rings. The van der Waals surface area contributed by atoms with Gasteiger partial charge in [0.15, 0.2) is 0 Å². The van der Waals surface area contributed by atoms with E-state index in [2.05, 4.69) is 25.9 Å². The molecule has 0 fully saturated rings. The Bertz CT molecular complexity index is 1080. The molecule has 0 saturated carbocycles. The summed E-state index contributed by atoms with van der Waals surface area (Å²) in [5, 5.41) is 2.74. The molecule has 3 aromatic rings. The standard InChI is InChI=1S/C19H16N4O3S/c1-2-10-22-27(25,26)17-5-3-4-15(13-17)19(24)23-16-8-6-14(7-9-16)18-20-11-12-21-18/h1,3-9,11-13,22H,10H2,(H,20,21)(H,23,24). The Labute approximate surface area is 156 Å². The van der Waals surface area contributed by atoms with Crippen LogP contribution in [-0.2, 0) is 10.0 Å². The third kappa shape index (κ3) is 4.41. The smallest absolute Gasteiger partial charge is 0.255 e. The van der Waals surface area contributed by atoms with Crippen molar-refractivity contribution in [1.82, 2.24) is 14.7 Å². The van der Waals surface area contributed by atoms with Gasteiger partial charge in [-0.1, -0.05) is 12.0 Å². The van der Waals surface area contributed by atoms with E-state index >= 15 is 0 Å². The number of terminal acetylenes is 1. The van der Waals surface area contributed by atoms with Gasteiger partial charge >= 0.3 is 0 Å². The second-order valence-corrected chi connectivity index (χ2v) is 7.29. The molecule has 136 valence electrons. The molecule has 8 heteroatoms. The molecule has 1 aromatic heterocycles. The molecule has 1 heterocycles. The number of hydrogen-bond donors (Lipinski definition) is 3. The number of aromatic nitrogens is 2. The lowest BCUT2D eigenvalue weighted by Crippen LogP contribution is -2.24. The second kappa shape index (κ2) is 7.86. The monoisotopic (exact) mass is 380 g/mol. The molecule has 2 aromatic carbocycles. The summed E-state index contributed by atoms with van der Waals surface area (Å²) in [5.41, 5.74) is 1.67. The van der Waals surface area contributed by atoms with Crippen LogP contribution in [0.1, 0.15) is 10.4 Å². The first kappa shape index (κ1) is 18.4. The van der Waals surface area contributed by atoms with Gasteiger partial charge in [0, 0.05) is 29.2 Å². The van der Waals surface area contributed by atoms with Crippen LogP contribution in [0.5, 0.6) is 0 Å². The molecule has 0 spiro atoms. The van der Waals surface area contributed by atoms with Crippen molar-refractivity contribution in [2.75, 3.05) is 11.9 Å². The number of imidazole rings is 1. The number of sulfonamides is 1. The van der Waals surface area contributed by atoms with Gasteiger partial charge in [0.2, 0.25) is 10.0 Å². The van der Waals surface area contributed by atoms with Gasteiger partial charge in [-0.3, -0.25) is 4.79 Å². The van der Waals surface area contributed by atoms with Crippen molar-refractivity contribution < 1.29 is 13.2 Å². The van der Waals surface area contributed by atoms with Crippen LogP contribution in [0.15, 0.2) is 65.8 Å². The zero-order chi connectivity index (χ0) is 19.3. The highest BCUT2D eigenvalue weighted by Crippen LogP contribution is 2.19. The minimum absolute atomic E-state index is 0.0291. The maximum Gasteiger partial charge on any atom is 0.255 e. The molecule has 0 atom stereocenters. The number of anilines is 1. The second-order valence-electron chi connectivity index (χ2n) is 5.53. The van der Waals surface area contributed by atoms with Gasteiger partial charge in [0.25, 0.3) is 5.91 Å². The first-order valence-electron chi connectivity index (χ1n) is 7.94. The zero-order valence-electron chi connectivity index (χ0n) is 14.1. The molecule has 0 aliphatic carbocycles. The van der Waals surface area contributed by atoms with Crippen LogP contribution in [0.3, 0.4) is 0 Å². The van der Waals surface area contributed by atoms with Crippen molar-refractivity contribution >= 4 is 21.6 Å². The molecular weight excluding hydrogens is 364 g/mol. The minimum Gasteiger partial charge on any atom is -0.345 e. The van der Waals surface area contributed by atoms with E-state index in [0.717, 1.165) is 11.4 Å². The van der Waals surface area contributed by atoms with Crippen LogP contribution in [0.4, 0.5) is 5.69 Å². The average molecular weight is 380 g/mol. The highest BCUT2D eigenvalue weighted by molar-refractivity contribution is 7.89. The Morgan fingerprint density at radius 2 is 1.96 bits per heavy atom. The predicted molar refractivity (Wildman–Crippen MR) is 102 cm³/mol. The Hall–Kier alpha value is -3.41. The topological polar surface area (TPSA) is 104 Å². The largest absolute Gasteiger partial charge is 0.345 e. The maximum atomic E-state index is 12.4.